The first-order valence-corrected chi connectivity index (χ1v) is 6.56. The van der Waals surface area contributed by atoms with Crippen molar-refractivity contribution >= 4 is 21.7 Å². The Balaban J connectivity index is 3.11. The van der Waals surface area contributed by atoms with Gasteiger partial charge in [0.2, 0.25) is 10.0 Å². The van der Waals surface area contributed by atoms with Crippen molar-refractivity contribution in [3.8, 4) is 0 Å². The quantitative estimate of drug-likeness (QED) is 0.888. The van der Waals surface area contributed by atoms with E-state index in [4.69, 9.17) is 5.11 Å². The number of hydrogen-bond donors (Lipinski definition) is 2. The highest BCUT2D eigenvalue weighted by Gasteiger charge is 2.31. The highest BCUT2D eigenvalue weighted by atomic mass is 32.2. The van der Waals surface area contributed by atoms with Crippen molar-refractivity contribution in [2.45, 2.75) is 13.1 Å². The van der Waals surface area contributed by atoms with E-state index in [0.717, 1.165) is 12.1 Å². The largest absolute Gasteiger partial charge is 0.480 e. The van der Waals surface area contributed by atoms with Gasteiger partial charge in [0.1, 0.15) is 0 Å². The van der Waals surface area contributed by atoms with Crippen molar-refractivity contribution in [3.05, 3.63) is 29.3 Å². The van der Waals surface area contributed by atoms with E-state index in [0.29, 0.717) is 6.07 Å². The van der Waals surface area contributed by atoms with Crippen molar-refractivity contribution in [2.24, 2.45) is 0 Å². The molecule has 19 heavy (non-hydrogen) atoms. The molecule has 0 saturated carbocycles. The van der Waals surface area contributed by atoms with Crippen molar-refractivity contribution < 1.29 is 31.5 Å². The van der Waals surface area contributed by atoms with Crippen molar-refractivity contribution in [2.75, 3.05) is 10.5 Å². The smallest absolute Gasteiger partial charge is 0.416 e. The van der Waals surface area contributed by atoms with E-state index in [9.17, 15) is 26.4 Å². The summed E-state index contributed by atoms with van der Waals surface area (Å²) in [5.74, 6) is -2.82. The lowest BCUT2D eigenvalue weighted by atomic mass is 10.1. The number of aliphatic carboxylic acids is 1. The molecule has 0 aliphatic heterocycles. The molecule has 1 aromatic rings. The molecule has 0 aliphatic carbocycles. The normalized spacial score (nSPS) is 12.2. The summed E-state index contributed by atoms with van der Waals surface area (Å²) in [7, 11) is -4.24. The third-order valence-corrected chi connectivity index (χ3v) is 3.30. The highest BCUT2D eigenvalue weighted by Crippen LogP contribution is 2.32. The molecule has 0 amide bonds. The van der Waals surface area contributed by atoms with Crippen LogP contribution in [0.3, 0.4) is 0 Å². The number of benzene rings is 1. The molecule has 2 N–H and O–H groups in total. The van der Waals surface area contributed by atoms with E-state index >= 15 is 0 Å². The maximum absolute atomic E-state index is 12.5. The van der Waals surface area contributed by atoms with Gasteiger partial charge in [-0.25, -0.2) is 8.42 Å². The minimum atomic E-state index is -4.61. The van der Waals surface area contributed by atoms with Gasteiger partial charge in [-0.05, 0) is 24.6 Å². The Morgan fingerprint density at radius 1 is 1.37 bits per heavy atom. The molecule has 5 nitrogen and oxygen atoms in total. The first-order chi connectivity index (χ1) is 8.51. The molecule has 0 spiro atoms. The Hall–Kier alpha value is -1.77. The van der Waals surface area contributed by atoms with Crippen LogP contribution in [0.15, 0.2) is 18.2 Å². The molecule has 1 rings (SSSR count). The molecule has 0 saturated heterocycles. The van der Waals surface area contributed by atoms with Gasteiger partial charge < -0.3 is 5.11 Å². The predicted octanol–water partition coefficient (Wildman–Crippen LogP) is 1.84. The first kappa shape index (κ1) is 15.3. The monoisotopic (exact) mass is 297 g/mol. The van der Waals surface area contributed by atoms with Crippen molar-refractivity contribution in [3.63, 3.8) is 0 Å². The Morgan fingerprint density at radius 3 is 2.42 bits per heavy atom. The Kier molecular flexibility index (Phi) is 4.09. The maximum atomic E-state index is 12.5. The SMILES string of the molecule is Cc1ccc(C(F)(F)F)cc1NS(=O)(=O)CC(=O)O. The minimum Gasteiger partial charge on any atom is -0.480 e. The Bertz CT molecular complexity index is 595. The molecule has 0 aliphatic rings. The molecule has 0 atom stereocenters. The van der Waals surface area contributed by atoms with Crippen LogP contribution < -0.4 is 4.72 Å². The molecule has 9 heteroatoms. The lowest BCUT2D eigenvalue weighted by Gasteiger charge is -2.12. The summed E-state index contributed by atoms with van der Waals surface area (Å²) in [6, 6.07) is 2.53. The molecule has 0 radical (unpaired) electrons. The maximum Gasteiger partial charge on any atom is 0.416 e. The Morgan fingerprint density at radius 2 is 1.95 bits per heavy atom. The second-order valence-corrected chi connectivity index (χ2v) is 5.50. The number of carbonyl (C=O) groups is 1. The molecule has 0 bridgehead atoms. The summed E-state index contributed by atoms with van der Waals surface area (Å²) in [5, 5.41) is 8.38. The topological polar surface area (TPSA) is 83.5 Å². The minimum absolute atomic E-state index is 0.252. The summed E-state index contributed by atoms with van der Waals surface area (Å²) >= 11 is 0. The zero-order valence-electron chi connectivity index (χ0n) is 9.65. The zero-order valence-corrected chi connectivity index (χ0v) is 10.5. The number of nitrogens with one attached hydrogen (secondary N) is 1. The van der Waals surface area contributed by atoms with Gasteiger partial charge in [-0.1, -0.05) is 6.07 Å². The third-order valence-electron chi connectivity index (χ3n) is 2.14. The van der Waals surface area contributed by atoms with Crippen molar-refractivity contribution in [1.29, 1.82) is 0 Å². The van der Waals surface area contributed by atoms with E-state index < -0.39 is 33.5 Å². The molecular formula is C10H10F3NO4S. The Labute approximate surface area is 107 Å². The lowest BCUT2D eigenvalue weighted by Crippen LogP contribution is -2.23. The lowest BCUT2D eigenvalue weighted by molar-refractivity contribution is -0.137. The summed E-state index contributed by atoms with van der Waals surface area (Å²) in [5.41, 5.74) is -1.07. The molecular weight excluding hydrogens is 287 g/mol. The van der Waals surface area contributed by atoms with Crippen LogP contribution in [0.2, 0.25) is 0 Å². The summed E-state index contributed by atoms with van der Waals surface area (Å²) in [6.07, 6.45) is -4.61. The van der Waals surface area contributed by atoms with Crippen LogP contribution in [0, 0.1) is 6.92 Å². The van der Waals surface area contributed by atoms with Crippen LogP contribution in [-0.4, -0.2) is 25.2 Å². The van der Waals surface area contributed by atoms with Crippen LogP contribution in [0.5, 0.6) is 0 Å². The second-order valence-electron chi connectivity index (χ2n) is 3.78. The molecule has 106 valence electrons. The fourth-order valence-electron chi connectivity index (χ4n) is 1.27. The first-order valence-electron chi connectivity index (χ1n) is 4.91. The fourth-order valence-corrected chi connectivity index (χ4v) is 2.23. The number of anilines is 1. The van der Waals surface area contributed by atoms with Crippen molar-refractivity contribution in [1.82, 2.24) is 0 Å². The number of carboxylic acid groups (broad SMARTS) is 1. The van der Waals surface area contributed by atoms with Gasteiger partial charge >= 0.3 is 12.1 Å². The van der Waals surface area contributed by atoms with Gasteiger partial charge in [0.15, 0.2) is 5.75 Å². The summed E-state index contributed by atoms with van der Waals surface area (Å²) < 4.78 is 61.9. The number of sulfonamides is 1. The molecule has 1 aromatic carbocycles. The van der Waals surface area contributed by atoms with E-state index in [-0.39, 0.29) is 11.3 Å². The van der Waals surface area contributed by atoms with Gasteiger partial charge in [-0.2, -0.15) is 13.2 Å². The van der Waals surface area contributed by atoms with E-state index in [1.165, 1.54) is 6.92 Å². The predicted molar refractivity (Wildman–Crippen MR) is 61.2 cm³/mol. The molecule has 0 aromatic heterocycles. The summed E-state index contributed by atoms with van der Waals surface area (Å²) in [6.45, 7) is 1.40. The number of aryl methyl sites for hydroxylation is 1. The average Bonchev–Trinajstić information content (AvgIpc) is 2.17. The standard InChI is InChI=1S/C10H10F3NO4S/c1-6-2-3-7(10(11,12)13)4-8(6)14-19(17,18)5-9(15)16/h2-4,14H,5H2,1H3,(H,15,16). The van der Waals surface area contributed by atoms with Crippen LogP contribution in [0.1, 0.15) is 11.1 Å². The molecule has 0 fully saturated rings. The zero-order chi connectivity index (χ0) is 14.8. The van der Waals surface area contributed by atoms with E-state index in [2.05, 4.69) is 0 Å². The average molecular weight is 297 g/mol. The van der Waals surface area contributed by atoms with Crippen LogP contribution in [0.25, 0.3) is 0 Å². The second kappa shape index (κ2) is 5.08. The molecule has 0 heterocycles. The third kappa shape index (κ3) is 4.43. The van der Waals surface area contributed by atoms with Gasteiger partial charge in [-0.15, -0.1) is 0 Å². The van der Waals surface area contributed by atoms with Crippen LogP contribution >= 0.6 is 0 Å². The van der Waals surface area contributed by atoms with E-state index in [1.54, 1.807) is 0 Å². The van der Waals surface area contributed by atoms with Crippen LogP contribution in [0.4, 0.5) is 18.9 Å². The molecule has 0 unspecified atom stereocenters. The number of rotatable bonds is 4. The number of halogens is 3. The number of carboxylic acids is 1. The highest BCUT2D eigenvalue weighted by molar-refractivity contribution is 7.93. The fraction of sp³-hybridized carbons (Fsp3) is 0.300. The van der Waals surface area contributed by atoms with Crippen LogP contribution in [-0.2, 0) is 21.0 Å². The number of alkyl halides is 3. The summed E-state index contributed by atoms with van der Waals surface area (Å²) in [4.78, 5) is 10.3. The number of hydrogen-bond acceptors (Lipinski definition) is 3. The van der Waals surface area contributed by atoms with E-state index in [1.807, 2.05) is 4.72 Å². The van der Waals surface area contributed by atoms with Gasteiger partial charge in [0, 0.05) is 0 Å². The van der Waals surface area contributed by atoms with Gasteiger partial charge in [-0.3, -0.25) is 9.52 Å². The van der Waals surface area contributed by atoms with Gasteiger partial charge in [0.05, 0.1) is 11.3 Å². The van der Waals surface area contributed by atoms with Gasteiger partial charge in [0.25, 0.3) is 0 Å².